The number of likely N-dealkylation sites (tertiary alicyclic amines) is 1. The minimum Gasteiger partial charge on any atom is -0.334 e. The van der Waals surface area contributed by atoms with Crippen molar-refractivity contribution in [1.82, 2.24) is 9.80 Å². The Morgan fingerprint density at radius 3 is 2.44 bits per heavy atom. The standard InChI is InChI=1S/C27H24Cl2N4O3/c1-15-20(9-4-16(13-30)22(15)29)33-24(34)23-21-12-19(32(23)26(33)36)14-31(21)25(35)27(10-2-3-11-27)17-5-7-18(28)8-6-17/h4-9,19,21,23H,2-3,10-12,14H2,1H3/t19-,21?,23-/m1/s1. The van der Waals surface area contributed by atoms with Gasteiger partial charge in [-0.3, -0.25) is 9.59 Å². The van der Waals surface area contributed by atoms with Crippen molar-refractivity contribution >= 4 is 46.7 Å². The van der Waals surface area contributed by atoms with Crippen molar-refractivity contribution in [1.29, 1.82) is 5.26 Å². The van der Waals surface area contributed by atoms with Crippen LogP contribution in [0.5, 0.6) is 0 Å². The number of hydrogen-bond acceptors (Lipinski definition) is 4. The number of imide groups is 1. The highest BCUT2D eigenvalue weighted by atomic mass is 35.5. The van der Waals surface area contributed by atoms with Gasteiger partial charge in [0.05, 0.1) is 33.8 Å². The van der Waals surface area contributed by atoms with Crippen molar-refractivity contribution in [2.24, 2.45) is 0 Å². The SMILES string of the molecule is Cc1c(N2C(=O)[C@H]3C4C[C@H](CN4C(=O)C4(c5ccc(Cl)cc5)CCCC4)N3C2=O)ccc(C#N)c1Cl. The zero-order valence-corrected chi connectivity index (χ0v) is 21.2. The molecule has 4 amide bonds. The number of carbonyl (C=O) groups excluding carboxylic acids is 3. The number of fused-ring (bicyclic) bond motifs is 5. The number of nitrogens with zero attached hydrogens (tertiary/aromatic N) is 4. The fourth-order valence-electron chi connectivity index (χ4n) is 6.76. The van der Waals surface area contributed by atoms with Gasteiger partial charge in [0.25, 0.3) is 5.91 Å². The third kappa shape index (κ3) is 3.07. The largest absolute Gasteiger partial charge is 0.334 e. The smallest absolute Gasteiger partial charge is 0.332 e. The number of halogens is 2. The highest BCUT2D eigenvalue weighted by molar-refractivity contribution is 6.33. The van der Waals surface area contributed by atoms with E-state index in [0.717, 1.165) is 31.2 Å². The molecule has 4 fully saturated rings. The van der Waals surface area contributed by atoms with Gasteiger partial charge in [0.1, 0.15) is 12.1 Å². The number of benzene rings is 2. The molecule has 184 valence electrons. The molecule has 36 heavy (non-hydrogen) atoms. The van der Waals surface area contributed by atoms with E-state index in [0.29, 0.717) is 34.8 Å². The van der Waals surface area contributed by atoms with E-state index in [1.807, 2.05) is 35.2 Å². The van der Waals surface area contributed by atoms with E-state index in [-0.39, 0.29) is 35.0 Å². The Morgan fingerprint density at radius 1 is 1.08 bits per heavy atom. The Balaban J connectivity index is 1.33. The maximum Gasteiger partial charge on any atom is 0.332 e. The molecule has 2 aromatic carbocycles. The second-order valence-corrected chi connectivity index (χ2v) is 11.0. The van der Waals surface area contributed by atoms with Crippen LogP contribution in [0, 0.1) is 18.3 Å². The van der Waals surface area contributed by atoms with Gasteiger partial charge in [-0.1, -0.05) is 48.2 Å². The summed E-state index contributed by atoms with van der Waals surface area (Å²) in [6.45, 7) is 2.12. The zero-order valence-electron chi connectivity index (χ0n) is 19.7. The van der Waals surface area contributed by atoms with Gasteiger partial charge in [0.15, 0.2) is 0 Å². The molecule has 3 aliphatic heterocycles. The summed E-state index contributed by atoms with van der Waals surface area (Å²) >= 11 is 12.5. The van der Waals surface area contributed by atoms with Crippen LogP contribution in [0.4, 0.5) is 10.5 Å². The van der Waals surface area contributed by atoms with Gasteiger partial charge < -0.3 is 9.80 Å². The van der Waals surface area contributed by atoms with Crippen LogP contribution in [-0.4, -0.2) is 52.3 Å². The summed E-state index contributed by atoms with van der Waals surface area (Å²) in [5.74, 6) is -0.299. The number of urea groups is 1. The summed E-state index contributed by atoms with van der Waals surface area (Å²) in [4.78, 5) is 46.0. The molecular formula is C27H24Cl2N4O3. The molecule has 0 aromatic heterocycles. The van der Waals surface area contributed by atoms with Crippen LogP contribution in [0.1, 0.15) is 48.8 Å². The van der Waals surface area contributed by atoms with Gasteiger partial charge in [-0.25, -0.2) is 9.69 Å². The lowest BCUT2D eigenvalue weighted by molar-refractivity contribution is -0.141. The molecule has 0 radical (unpaired) electrons. The van der Waals surface area contributed by atoms with Crippen molar-refractivity contribution in [3.05, 3.63) is 63.1 Å². The quantitative estimate of drug-likeness (QED) is 0.541. The van der Waals surface area contributed by atoms with Crippen LogP contribution in [0.3, 0.4) is 0 Å². The summed E-state index contributed by atoms with van der Waals surface area (Å²) in [7, 11) is 0. The zero-order chi connectivity index (χ0) is 25.4. The number of amides is 4. The molecule has 2 bridgehead atoms. The minimum atomic E-state index is -0.710. The van der Waals surface area contributed by atoms with Gasteiger partial charge in [0.2, 0.25) is 5.91 Å². The third-order valence-electron chi connectivity index (χ3n) is 8.51. The first-order valence-electron chi connectivity index (χ1n) is 12.2. The average Bonchev–Trinajstić information content (AvgIpc) is 3.65. The molecule has 1 saturated carbocycles. The molecule has 3 heterocycles. The Kier molecular flexibility index (Phi) is 5.33. The fraction of sp³-hybridized carbons (Fsp3) is 0.407. The van der Waals surface area contributed by atoms with Crippen LogP contribution >= 0.6 is 23.2 Å². The number of anilines is 1. The van der Waals surface area contributed by atoms with Crippen LogP contribution in [-0.2, 0) is 15.0 Å². The molecule has 6 rings (SSSR count). The Labute approximate surface area is 219 Å². The molecule has 0 spiro atoms. The van der Waals surface area contributed by atoms with Gasteiger partial charge in [0, 0.05) is 11.6 Å². The summed E-state index contributed by atoms with van der Waals surface area (Å²) in [6.07, 6.45) is 4.06. The molecular weight excluding hydrogens is 499 g/mol. The van der Waals surface area contributed by atoms with E-state index < -0.39 is 11.5 Å². The van der Waals surface area contributed by atoms with Crippen molar-refractivity contribution in [2.75, 3.05) is 11.4 Å². The van der Waals surface area contributed by atoms with Crippen LogP contribution in [0.2, 0.25) is 10.0 Å². The summed E-state index contributed by atoms with van der Waals surface area (Å²) in [5, 5.41) is 10.1. The van der Waals surface area contributed by atoms with E-state index in [4.69, 9.17) is 23.2 Å². The predicted octanol–water partition coefficient (Wildman–Crippen LogP) is 4.81. The molecule has 0 N–H and O–H groups in total. The van der Waals surface area contributed by atoms with Crippen LogP contribution in [0.25, 0.3) is 0 Å². The van der Waals surface area contributed by atoms with E-state index in [1.165, 1.54) is 11.0 Å². The van der Waals surface area contributed by atoms with Crippen LogP contribution in [0.15, 0.2) is 36.4 Å². The maximum absolute atomic E-state index is 14.2. The molecule has 2 aromatic rings. The van der Waals surface area contributed by atoms with Gasteiger partial charge in [-0.05, 0) is 61.6 Å². The number of piperazine rings is 1. The normalized spacial score (nSPS) is 26.1. The number of hydrogen-bond donors (Lipinski definition) is 0. The second-order valence-electron chi connectivity index (χ2n) is 10.2. The van der Waals surface area contributed by atoms with E-state index in [2.05, 4.69) is 0 Å². The number of carbonyl (C=O) groups is 3. The molecule has 9 heteroatoms. The van der Waals surface area contributed by atoms with Crippen molar-refractivity contribution in [3.8, 4) is 6.07 Å². The number of nitriles is 1. The summed E-state index contributed by atoms with van der Waals surface area (Å²) in [6, 6.07) is 11.0. The first kappa shape index (κ1) is 23.3. The van der Waals surface area contributed by atoms with Crippen molar-refractivity contribution in [2.45, 2.75) is 62.6 Å². The molecule has 3 saturated heterocycles. The first-order chi connectivity index (χ1) is 17.3. The van der Waals surface area contributed by atoms with E-state index in [9.17, 15) is 19.6 Å². The van der Waals surface area contributed by atoms with E-state index >= 15 is 0 Å². The van der Waals surface area contributed by atoms with Crippen LogP contribution < -0.4 is 4.90 Å². The average molecular weight is 523 g/mol. The lowest BCUT2D eigenvalue weighted by Crippen LogP contribution is -2.58. The lowest BCUT2D eigenvalue weighted by atomic mass is 9.77. The number of rotatable bonds is 3. The molecule has 1 unspecified atom stereocenters. The lowest BCUT2D eigenvalue weighted by Gasteiger charge is -2.40. The summed E-state index contributed by atoms with van der Waals surface area (Å²) < 4.78 is 0. The van der Waals surface area contributed by atoms with Gasteiger partial charge >= 0.3 is 6.03 Å². The van der Waals surface area contributed by atoms with Crippen molar-refractivity contribution < 1.29 is 14.4 Å². The second kappa shape index (κ2) is 8.22. The van der Waals surface area contributed by atoms with Gasteiger partial charge in [-0.2, -0.15) is 5.26 Å². The Morgan fingerprint density at radius 2 is 1.78 bits per heavy atom. The molecule has 3 atom stereocenters. The minimum absolute atomic E-state index is 0.0470. The van der Waals surface area contributed by atoms with Gasteiger partial charge in [-0.15, -0.1) is 0 Å². The Bertz CT molecular complexity index is 1350. The van der Waals surface area contributed by atoms with E-state index in [1.54, 1.807) is 17.9 Å². The van der Waals surface area contributed by atoms with Crippen molar-refractivity contribution in [3.63, 3.8) is 0 Å². The highest BCUT2D eigenvalue weighted by Gasteiger charge is 2.64. The molecule has 4 aliphatic rings. The molecule has 1 aliphatic carbocycles. The maximum atomic E-state index is 14.2. The first-order valence-corrected chi connectivity index (χ1v) is 13.0. The summed E-state index contributed by atoms with van der Waals surface area (Å²) in [5.41, 5.74) is 1.52. The molecule has 7 nitrogen and oxygen atoms in total. The topological polar surface area (TPSA) is 84.7 Å². The third-order valence-corrected chi connectivity index (χ3v) is 9.25. The highest BCUT2D eigenvalue weighted by Crippen LogP contribution is 2.48. The monoisotopic (exact) mass is 522 g/mol. The fourth-order valence-corrected chi connectivity index (χ4v) is 7.09. The Hall–Kier alpha value is -3.08. The predicted molar refractivity (Wildman–Crippen MR) is 135 cm³/mol.